The summed E-state index contributed by atoms with van der Waals surface area (Å²) in [7, 11) is 1.33. The van der Waals surface area contributed by atoms with E-state index in [9.17, 15) is 9.59 Å². The van der Waals surface area contributed by atoms with Gasteiger partial charge in [0, 0.05) is 18.7 Å². The number of carbonyl (C=O) groups is 2. The Morgan fingerprint density at radius 2 is 1.91 bits per heavy atom. The van der Waals surface area contributed by atoms with E-state index in [0.717, 1.165) is 5.75 Å². The minimum atomic E-state index is -0.345. The third kappa shape index (κ3) is 5.60. The first kappa shape index (κ1) is 17.8. The second-order valence-corrected chi connectivity index (χ2v) is 5.06. The molecule has 0 saturated carbocycles. The maximum Gasteiger partial charge on any atom is 0.307 e. The number of benzene rings is 1. The first-order chi connectivity index (χ1) is 10.5. The second-order valence-electron chi connectivity index (χ2n) is 5.06. The highest BCUT2D eigenvalue weighted by Gasteiger charge is 2.16. The van der Waals surface area contributed by atoms with Crippen molar-refractivity contribution in [3.8, 4) is 5.75 Å². The van der Waals surface area contributed by atoms with Gasteiger partial charge in [-0.05, 0) is 38.1 Å². The van der Waals surface area contributed by atoms with Crippen LogP contribution in [0.2, 0.25) is 0 Å². The smallest absolute Gasteiger partial charge is 0.307 e. The van der Waals surface area contributed by atoms with Gasteiger partial charge in [0.2, 0.25) is 0 Å². The van der Waals surface area contributed by atoms with Crippen molar-refractivity contribution < 1.29 is 19.1 Å². The summed E-state index contributed by atoms with van der Waals surface area (Å²) in [4.78, 5) is 25.2. The molecule has 0 heterocycles. The van der Waals surface area contributed by atoms with Crippen LogP contribution in [0.5, 0.6) is 5.75 Å². The number of rotatable bonds is 8. The van der Waals surface area contributed by atoms with Crippen molar-refractivity contribution >= 4 is 11.9 Å². The summed E-state index contributed by atoms with van der Waals surface area (Å²) < 4.78 is 10.1. The van der Waals surface area contributed by atoms with Gasteiger partial charge in [-0.1, -0.05) is 6.08 Å². The number of amides is 1. The van der Waals surface area contributed by atoms with Gasteiger partial charge < -0.3 is 14.4 Å². The molecule has 1 rings (SSSR count). The van der Waals surface area contributed by atoms with Gasteiger partial charge in [0.15, 0.2) is 0 Å². The second kappa shape index (κ2) is 8.87. The van der Waals surface area contributed by atoms with Gasteiger partial charge in [-0.25, -0.2) is 0 Å². The monoisotopic (exact) mass is 305 g/mol. The molecule has 0 aromatic heterocycles. The summed E-state index contributed by atoms with van der Waals surface area (Å²) in [5.41, 5.74) is 0.544. The van der Waals surface area contributed by atoms with E-state index in [1.54, 1.807) is 35.2 Å². The van der Waals surface area contributed by atoms with Crippen LogP contribution in [0, 0.1) is 0 Å². The van der Waals surface area contributed by atoms with Crippen molar-refractivity contribution in [1.29, 1.82) is 0 Å². The highest BCUT2D eigenvalue weighted by atomic mass is 16.5. The highest BCUT2D eigenvalue weighted by Crippen LogP contribution is 2.15. The largest absolute Gasteiger partial charge is 0.491 e. The molecule has 0 radical (unpaired) electrons. The van der Waals surface area contributed by atoms with Crippen LogP contribution in [-0.4, -0.2) is 43.1 Å². The predicted molar refractivity (Wildman–Crippen MR) is 84.9 cm³/mol. The molecule has 0 aliphatic rings. The third-order valence-corrected chi connectivity index (χ3v) is 2.92. The van der Waals surface area contributed by atoms with E-state index < -0.39 is 0 Å². The molecule has 0 bridgehead atoms. The average Bonchev–Trinajstić information content (AvgIpc) is 2.50. The minimum absolute atomic E-state index is 0.0823. The lowest BCUT2D eigenvalue weighted by molar-refractivity contribution is -0.140. The van der Waals surface area contributed by atoms with Crippen LogP contribution in [0.25, 0.3) is 0 Å². The van der Waals surface area contributed by atoms with Gasteiger partial charge >= 0.3 is 5.97 Å². The van der Waals surface area contributed by atoms with E-state index >= 15 is 0 Å². The van der Waals surface area contributed by atoms with Crippen LogP contribution in [0.4, 0.5) is 0 Å². The maximum absolute atomic E-state index is 12.5. The van der Waals surface area contributed by atoms with Crippen LogP contribution in [0.15, 0.2) is 36.9 Å². The molecule has 0 N–H and O–H groups in total. The molecule has 0 unspecified atom stereocenters. The van der Waals surface area contributed by atoms with Crippen LogP contribution in [0.3, 0.4) is 0 Å². The van der Waals surface area contributed by atoms with E-state index in [1.807, 2.05) is 13.8 Å². The number of carbonyl (C=O) groups excluding carboxylic acids is 2. The van der Waals surface area contributed by atoms with Gasteiger partial charge in [0.05, 0.1) is 19.6 Å². The van der Waals surface area contributed by atoms with Gasteiger partial charge in [-0.3, -0.25) is 9.59 Å². The summed E-state index contributed by atoms with van der Waals surface area (Å²) >= 11 is 0. The first-order valence-electron chi connectivity index (χ1n) is 7.21. The Labute approximate surface area is 131 Å². The zero-order valence-electron chi connectivity index (χ0n) is 13.4. The fourth-order valence-corrected chi connectivity index (χ4v) is 1.89. The summed E-state index contributed by atoms with van der Waals surface area (Å²) in [5.74, 6) is 0.221. The van der Waals surface area contributed by atoms with Crippen LogP contribution >= 0.6 is 0 Å². The third-order valence-electron chi connectivity index (χ3n) is 2.92. The van der Waals surface area contributed by atoms with Crippen LogP contribution in [0.1, 0.15) is 30.6 Å². The Morgan fingerprint density at radius 1 is 1.27 bits per heavy atom. The summed E-state index contributed by atoms with van der Waals surface area (Å²) in [6.07, 6.45) is 1.87. The molecule has 0 atom stereocenters. The van der Waals surface area contributed by atoms with Crippen molar-refractivity contribution in [2.24, 2.45) is 0 Å². The van der Waals surface area contributed by atoms with Gasteiger partial charge in [0.1, 0.15) is 5.75 Å². The molecular weight excluding hydrogens is 282 g/mol. The van der Waals surface area contributed by atoms with E-state index in [0.29, 0.717) is 18.7 Å². The molecule has 1 aromatic rings. The number of nitrogens with zero attached hydrogens (tertiary/aromatic N) is 1. The predicted octanol–water partition coefficient (Wildman–Crippen LogP) is 2.67. The molecule has 5 heteroatoms. The van der Waals surface area contributed by atoms with E-state index in [-0.39, 0.29) is 24.4 Å². The SMILES string of the molecule is C=CCN(CCC(=O)OC)C(=O)c1ccc(OC(C)C)cc1. The Hall–Kier alpha value is -2.30. The van der Waals surface area contributed by atoms with Crippen molar-refractivity contribution in [2.75, 3.05) is 20.2 Å². The van der Waals surface area contributed by atoms with Crippen LogP contribution < -0.4 is 4.74 Å². The molecule has 0 aliphatic heterocycles. The number of hydrogen-bond donors (Lipinski definition) is 0. The zero-order valence-corrected chi connectivity index (χ0v) is 13.4. The normalized spacial score (nSPS) is 10.2. The molecule has 0 spiro atoms. The molecule has 0 fully saturated rings. The summed E-state index contributed by atoms with van der Waals surface area (Å²) in [6.45, 7) is 8.19. The standard InChI is InChI=1S/C17H23NO4/c1-5-11-18(12-10-16(19)21-4)17(20)14-6-8-15(9-7-14)22-13(2)3/h5-9,13H,1,10-12H2,2-4H3. The molecule has 1 aromatic carbocycles. The van der Waals surface area contributed by atoms with Crippen molar-refractivity contribution in [2.45, 2.75) is 26.4 Å². The van der Waals surface area contributed by atoms with E-state index in [4.69, 9.17) is 4.74 Å². The highest BCUT2D eigenvalue weighted by molar-refractivity contribution is 5.94. The van der Waals surface area contributed by atoms with E-state index in [2.05, 4.69) is 11.3 Å². The zero-order chi connectivity index (χ0) is 16.5. The molecule has 0 aliphatic carbocycles. The molecule has 0 saturated heterocycles. The molecule has 1 amide bonds. The van der Waals surface area contributed by atoms with E-state index in [1.165, 1.54) is 7.11 Å². The number of esters is 1. The fraction of sp³-hybridized carbons (Fsp3) is 0.412. The van der Waals surface area contributed by atoms with Crippen molar-refractivity contribution in [3.05, 3.63) is 42.5 Å². The topological polar surface area (TPSA) is 55.8 Å². The summed E-state index contributed by atoms with van der Waals surface area (Å²) in [5, 5.41) is 0. The molecule has 120 valence electrons. The lowest BCUT2D eigenvalue weighted by Crippen LogP contribution is -2.33. The quantitative estimate of drug-likeness (QED) is 0.547. The number of ether oxygens (including phenoxy) is 2. The summed E-state index contributed by atoms with van der Waals surface area (Å²) in [6, 6.07) is 6.96. The van der Waals surface area contributed by atoms with Gasteiger partial charge in [0.25, 0.3) is 5.91 Å². The van der Waals surface area contributed by atoms with Crippen molar-refractivity contribution in [1.82, 2.24) is 4.90 Å². The molecular formula is C17H23NO4. The van der Waals surface area contributed by atoms with Gasteiger partial charge in [-0.15, -0.1) is 6.58 Å². The lowest BCUT2D eigenvalue weighted by Gasteiger charge is -2.21. The van der Waals surface area contributed by atoms with Gasteiger partial charge in [-0.2, -0.15) is 0 Å². The Morgan fingerprint density at radius 3 is 2.41 bits per heavy atom. The number of methoxy groups -OCH3 is 1. The Kier molecular flexibility index (Phi) is 7.16. The first-order valence-corrected chi connectivity index (χ1v) is 7.21. The maximum atomic E-state index is 12.5. The fourth-order valence-electron chi connectivity index (χ4n) is 1.89. The Bertz CT molecular complexity index is 508. The lowest BCUT2D eigenvalue weighted by atomic mass is 10.2. The average molecular weight is 305 g/mol. The van der Waals surface area contributed by atoms with Crippen molar-refractivity contribution in [3.63, 3.8) is 0 Å². The molecule has 5 nitrogen and oxygen atoms in total. The molecule has 22 heavy (non-hydrogen) atoms. The number of hydrogen-bond acceptors (Lipinski definition) is 4. The van der Waals surface area contributed by atoms with Crippen LogP contribution in [-0.2, 0) is 9.53 Å². The minimum Gasteiger partial charge on any atom is -0.491 e. The Balaban J connectivity index is 2.75.